The van der Waals surface area contributed by atoms with Crippen LogP contribution in [-0.4, -0.2) is 27.9 Å². The summed E-state index contributed by atoms with van der Waals surface area (Å²) >= 11 is 0. The molecule has 6 nitrogen and oxygen atoms in total. The number of amides is 2. The Hall–Kier alpha value is -2.37. The number of hydrogen-bond acceptors (Lipinski definition) is 3. The number of carbonyl (C=O) groups is 2. The molecule has 0 radical (unpaired) electrons. The summed E-state index contributed by atoms with van der Waals surface area (Å²) in [6.07, 6.45) is 6.10. The number of hydrogen-bond donors (Lipinski definition) is 2. The van der Waals surface area contributed by atoms with Crippen LogP contribution >= 0.6 is 0 Å². The second-order valence-corrected chi connectivity index (χ2v) is 6.45. The number of rotatable bonds is 6. The smallest absolute Gasteiger partial charge is 0.237 e. The first-order chi connectivity index (χ1) is 11.6. The van der Waals surface area contributed by atoms with Crippen molar-refractivity contribution in [1.29, 1.82) is 0 Å². The second-order valence-electron chi connectivity index (χ2n) is 6.45. The lowest BCUT2D eigenvalue weighted by Crippen LogP contribution is -2.33. The highest BCUT2D eigenvalue weighted by Gasteiger charge is 2.20. The number of nitrogens with two attached hydrogens (primary N) is 1. The maximum Gasteiger partial charge on any atom is 0.237 e. The van der Waals surface area contributed by atoms with E-state index in [4.69, 9.17) is 5.73 Å². The van der Waals surface area contributed by atoms with Crippen LogP contribution in [0.2, 0.25) is 0 Å². The lowest BCUT2D eigenvalue weighted by molar-refractivity contribution is -0.126. The summed E-state index contributed by atoms with van der Waals surface area (Å²) in [5, 5.41) is 3.02. The van der Waals surface area contributed by atoms with E-state index in [1.165, 1.54) is 6.42 Å². The molecule has 2 amide bonds. The molecule has 3 rings (SSSR count). The van der Waals surface area contributed by atoms with E-state index in [2.05, 4.69) is 10.3 Å². The molecule has 1 aliphatic rings. The summed E-state index contributed by atoms with van der Waals surface area (Å²) in [5.41, 5.74) is 7.09. The van der Waals surface area contributed by atoms with E-state index < -0.39 is 5.91 Å². The van der Waals surface area contributed by atoms with Gasteiger partial charge in [-0.05, 0) is 25.0 Å². The molecule has 0 spiro atoms. The van der Waals surface area contributed by atoms with Gasteiger partial charge in [0.2, 0.25) is 11.8 Å². The minimum absolute atomic E-state index is 0.104. The SMILES string of the molecule is NC(=O)Cn1c(CCNC(=O)C2CCCCC2)nc2ccccc21. The first kappa shape index (κ1) is 16.5. The van der Waals surface area contributed by atoms with Crippen LogP contribution in [0.4, 0.5) is 0 Å². The molecule has 24 heavy (non-hydrogen) atoms. The van der Waals surface area contributed by atoms with Crippen LogP contribution in [0.15, 0.2) is 24.3 Å². The largest absolute Gasteiger partial charge is 0.368 e. The highest BCUT2D eigenvalue weighted by molar-refractivity contribution is 5.80. The van der Waals surface area contributed by atoms with Crippen molar-refractivity contribution in [2.24, 2.45) is 11.7 Å². The van der Waals surface area contributed by atoms with Crippen LogP contribution in [-0.2, 0) is 22.6 Å². The van der Waals surface area contributed by atoms with Crippen LogP contribution in [0.5, 0.6) is 0 Å². The molecule has 0 aliphatic heterocycles. The molecule has 0 unspecified atom stereocenters. The Morgan fingerprint density at radius 3 is 2.71 bits per heavy atom. The third-order valence-electron chi connectivity index (χ3n) is 4.67. The molecule has 0 atom stereocenters. The Kier molecular flexibility index (Phi) is 5.13. The van der Waals surface area contributed by atoms with E-state index in [1.807, 2.05) is 28.8 Å². The highest BCUT2D eigenvalue weighted by Crippen LogP contribution is 2.23. The van der Waals surface area contributed by atoms with E-state index in [0.29, 0.717) is 13.0 Å². The van der Waals surface area contributed by atoms with Crippen molar-refractivity contribution >= 4 is 22.8 Å². The molecule has 1 heterocycles. The average molecular weight is 328 g/mol. The van der Waals surface area contributed by atoms with Crippen molar-refractivity contribution < 1.29 is 9.59 Å². The minimum Gasteiger partial charge on any atom is -0.368 e. The molecule has 1 saturated carbocycles. The summed E-state index contributed by atoms with van der Waals surface area (Å²) in [6.45, 7) is 0.629. The fourth-order valence-electron chi connectivity index (χ4n) is 3.46. The Labute approximate surface area is 141 Å². The summed E-state index contributed by atoms with van der Waals surface area (Å²) in [4.78, 5) is 28.1. The fraction of sp³-hybridized carbons (Fsp3) is 0.500. The van der Waals surface area contributed by atoms with Gasteiger partial charge in [-0.25, -0.2) is 4.98 Å². The lowest BCUT2D eigenvalue weighted by Gasteiger charge is -2.20. The number of benzene rings is 1. The molecule has 1 aliphatic carbocycles. The zero-order valence-electron chi connectivity index (χ0n) is 13.8. The quantitative estimate of drug-likeness (QED) is 0.846. The zero-order valence-corrected chi connectivity index (χ0v) is 13.8. The van der Waals surface area contributed by atoms with Crippen molar-refractivity contribution in [1.82, 2.24) is 14.9 Å². The first-order valence-electron chi connectivity index (χ1n) is 8.65. The van der Waals surface area contributed by atoms with Gasteiger partial charge in [0, 0.05) is 18.9 Å². The molecule has 3 N–H and O–H groups in total. The fourth-order valence-corrected chi connectivity index (χ4v) is 3.46. The molecule has 1 aromatic carbocycles. The molecular weight excluding hydrogens is 304 g/mol. The minimum atomic E-state index is -0.398. The number of aromatic nitrogens is 2. The lowest BCUT2D eigenvalue weighted by atomic mass is 9.89. The van der Waals surface area contributed by atoms with Gasteiger partial charge in [-0.2, -0.15) is 0 Å². The molecule has 2 aromatic rings. The van der Waals surface area contributed by atoms with Gasteiger partial charge >= 0.3 is 0 Å². The van der Waals surface area contributed by atoms with Gasteiger partial charge in [0.25, 0.3) is 0 Å². The van der Waals surface area contributed by atoms with Crippen molar-refractivity contribution in [2.45, 2.75) is 45.1 Å². The maximum absolute atomic E-state index is 12.2. The molecule has 0 saturated heterocycles. The summed E-state index contributed by atoms with van der Waals surface area (Å²) < 4.78 is 1.84. The number of fused-ring (bicyclic) bond motifs is 1. The topological polar surface area (TPSA) is 90.0 Å². The predicted molar refractivity (Wildman–Crippen MR) is 92.2 cm³/mol. The zero-order chi connectivity index (χ0) is 16.9. The number of imidazole rings is 1. The van der Waals surface area contributed by atoms with Crippen molar-refractivity contribution in [2.75, 3.05) is 6.54 Å². The van der Waals surface area contributed by atoms with Gasteiger partial charge in [-0.15, -0.1) is 0 Å². The van der Waals surface area contributed by atoms with Gasteiger partial charge in [-0.1, -0.05) is 31.4 Å². The van der Waals surface area contributed by atoms with Gasteiger partial charge < -0.3 is 15.6 Å². The first-order valence-corrected chi connectivity index (χ1v) is 8.65. The molecule has 6 heteroatoms. The van der Waals surface area contributed by atoms with Gasteiger partial charge in [0.1, 0.15) is 12.4 Å². The average Bonchev–Trinajstić information content (AvgIpc) is 2.93. The number of carbonyl (C=O) groups excluding carboxylic acids is 2. The molecule has 1 aromatic heterocycles. The van der Waals surface area contributed by atoms with E-state index in [1.54, 1.807) is 0 Å². The maximum atomic E-state index is 12.2. The number of nitrogens with one attached hydrogen (secondary N) is 1. The van der Waals surface area contributed by atoms with Crippen molar-refractivity contribution in [3.8, 4) is 0 Å². The monoisotopic (exact) mass is 328 g/mol. The number of primary amides is 1. The Morgan fingerprint density at radius 2 is 1.96 bits per heavy atom. The van der Waals surface area contributed by atoms with Crippen LogP contribution in [0, 0.1) is 5.92 Å². The van der Waals surface area contributed by atoms with Crippen LogP contribution in [0.3, 0.4) is 0 Å². The van der Waals surface area contributed by atoms with Crippen LogP contribution < -0.4 is 11.1 Å². The molecule has 128 valence electrons. The van der Waals surface area contributed by atoms with E-state index in [-0.39, 0.29) is 18.4 Å². The van der Waals surface area contributed by atoms with E-state index >= 15 is 0 Å². The second kappa shape index (κ2) is 7.47. The summed E-state index contributed by atoms with van der Waals surface area (Å²) in [7, 11) is 0. The third-order valence-corrected chi connectivity index (χ3v) is 4.67. The van der Waals surface area contributed by atoms with Crippen LogP contribution in [0.25, 0.3) is 11.0 Å². The summed E-state index contributed by atoms with van der Waals surface area (Å²) in [5.74, 6) is 0.681. The Balaban J connectivity index is 1.66. The molecule has 0 bridgehead atoms. The predicted octanol–water partition coefficient (Wildman–Crippen LogP) is 1.76. The Morgan fingerprint density at radius 1 is 1.21 bits per heavy atom. The van der Waals surface area contributed by atoms with Crippen molar-refractivity contribution in [3.63, 3.8) is 0 Å². The normalized spacial score (nSPS) is 15.5. The van der Waals surface area contributed by atoms with Crippen molar-refractivity contribution in [3.05, 3.63) is 30.1 Å². The Bertz CT molecular complexity index is 732. The standard InChI is InChI=1S/C18H24N4O2/c19-16(23)12-22-15-9-5-4-8-14(15)21-17(22)10-11-20-18(24)13-6-2-1-3-7-13/h4-5,8-9,13H,1-3,6-7,10-12H2,(H2,19,23)(H,20,24). The molecule has 1 fully saturated rings. The van der Waals surface area contributed by atoms with Gasteiger partial charge in [-0.3, -0.25) is 9.59 Å². The van der Waals surface area contributed by atoms with Gasteiger partial charge in [0.15, 0.2) is 0 Å². The summed E-state index contributed by atoms with van der Waals surface area (Å²) in [6, 6.07) is 7.67. The number of para-hydroxylation sites is 2. The van der Waals surface area contributed by atoms with E-state index in [9.17, 15) is 9.59 Å². The van der Waals surface area contributed by atoms with Crippen LogP contribution in [0.1, 0.15) is 37.9 Å². The highest BCUT2D eigenvalue weighted by atomic mass is 16.2. The van der Waals surface area contributed by atoms with E-state index in [0.717, 1.165) is 42.5 Å². The molecular formula is C18H24N4O2. The number of nitrogens with zero attached hydrogens (tertiary/aromatic N) is 2. The van der Waals surface area contributed by atoms with Gasteiger partial charge in [0.05, 0.1) is 11.0 Å². The third kappa shape index (κ3) is 3.75.